The van der Waals surface area contributed by atoms with E-state index >= 15 is 0 Å². The molecule has 0 atom stereocenters. The van der Waals surface area contributed by atoms with Gasteiger partial charge in [0.25, 0.3) is 11.1 Å². The van der Waals surface area contributed by atoms with Gasteiger partial charge in [-0.15, -0.1) is 0 Å². The van der Waals surface area contributed by atoms with Crippen LogP contribution in [0.15, 0.2) is 131 Å². The molecule has 0 amide bonds. The van der Waals surface area contributed by atoms with E-state index in [0.717, 1.165) is 72.5 Å². The monoisotopic (exact) mass is 858 g/mol. The number of aliphatic carboxylic acids is 2. The molecule has 0 aliphatic rings. The minimum Gasteiger partial charge on any atom is -0.550 e. The standard InChI is InChI=1S/2C23H25N3O4.2Na/c2*27-21-16-20(17-8-4-3-5-9-17)25-23(26-21)24-18-11-13-19(14-12-18)30-15-7-2-1-6-10-22(28)29;;/h2*3-5,8-9,11-14,16H,1-2,6-7,10,15H2,(H,28,29)(H2,24,25,26,27);;/q;;2*+1/p-2. The molecular weight excluding hydrogens is 811 g/mol. The molecule has 6 rings (SSSR count). The van der Waals surface area contributed by atoms with E-state index in [-0.39, 0.29) is 83.1 Å². The van der Waals surface area contributed by atoms with Crippen LogP contribution in [0.4, 0.5) is 23.3 Å². The van der Waals surface area contributed by atoms with Crippen molar-refractivity contribution in [3.05, 3.63) is 142 Å². The fourth-order valence-corrected chi connectivity index (χ4v) is 5.92. The van der Waals surface area contributed by atoms with Crippen LogP contribution >= 0.6 is 0 Å². The van der Waals surface area contributed by atoms with Crippen LogP contribution in [0.25, 0.3) is 22.5 Å². The Hall–Kier alpha value is -5.22. The van der Waals surface area contributed by atoms with Crippen molar-refractivity contribution in [1.29, 1.82) is 0 Å². The third kappa shape index (κ3) is 19.2. The average Bonchev–Trinajstić information content (AvgIpc) is 3.24. The average molecular weight is 859 g/mol. The van der Waals surface area contributed by atoms with Crippen molar-refractivity contribution in [1.82, 2.24) is 19.9 Å². The summed E-state index contributed by atoms with van der Waals surface area (Å²) < 4.78 is 11.4. The van der Waals surface area contributed by atoms with Gasteiger partial charge in [0, 0.05) is 46.6 Å². The summed E-state index contributed by atoms with van der Waals surface area (Å²) in [6.45, 7) is 1.15. The van der Waals surface area contributed by atoms with E-state index in [1.165, 1.54) is 12.1 Å². The van der Waals surface area contributed by atoms with E-state index in [1.54, 1.807) is 0 Å². The number of aromatic nitrogens is 4. The second-order valence-electron chi connectivity index (χ2n) is 13.8. The number of ether oxygens (including phenoxy) is 2. The third-order valence-corrected chi connectivity index (χ3v) is 8.94. The summed E-state index contributed by atoms with van der Waals surface area (Å²) in [5.74, 6) is 0.236. The maximum atomic E-state index is 12.0. The number of rotatable bonds is 22. The number of hydrogen-bond acceptors (Lipinski definition) is 12. The van der Waals surface area contributed by atoms with Crippen molar-refractivity contribution >= 4 is 35.2 Å². The van der Waals surface area contributed by atoms with Crippen LogP contribution in [0.5, 0.6) is 11.5 Å². The number of unbranched alkanes of at least 4 members (excludes halogenated alkanes) is 6. The number of carbonyl (C=O) groups is 2. The molecule has 0 bridgehead atoms. The zero-order valence-corrected chi connectivity index (χ0v) is 39.2. The Balaban J connectivity index is 0.000000320. The van der Waals surface area contributed by atoms with E-state index in [2.05, 4.69) is 30.6 Å². The Bertz CT molecular complexity index is 2180. The maximum absolute atomic E-state index is 12.0. The Morgan fingerprint density at radius 1 is 0.500 bits per heavy atom. The van der Waals surface area contributed by atoms with Gasteiger partial charge >= 0.3 is 59.1 Å². The van der Waals surface area contributed by atoms with Crippen LogP contribution in [0.3, 0.4) is 0 Å². The Morgan fingerprint density at radius 3 is 1.21 bits per heavy atom. The van der Waals surface area contributed by atoms with Crippen molar-refractivity contribution < 1.29 is 88.4 Å². The Labute approximate surface area is 404 Å². The summed E-state index contributed by atoms with van der Waals surface area (Å²) in [5, 5.41) is 26.9. The molecule has 0 saturated carbocycles. The molecule has 0 unspecified atom stereocenters. The van der Waals surface area contributed by atoms with Gasteiger partial charge in [-0.25, -0.2) is 9.97 Å². The van der Waals surface area contributed by atoms with Gasteiger partial charge in [-0.05, 0) is 87.1 Å². The number of carboxylic acids is 2. The molecule has 0 saturated heterocycles. The van der Waals surface area contributed by atoms with Crippen LogP contribution < -0.4 is 101 Å². The smallest absolute Gasteiger partial charge is 0.550 e. The topological polar surface area (TPSA) is 214 Å². The fourth-order valence-electron chi connectivity index (χ4n) is 5.92. The molecule has 16 heteroatoms. The summed E-state index contributed by atoms with van der Waals surface area (Å²) in [5.41, 5.74) is 4.03. The summed E-state index contributed by atoms with van der Waals surface area (Å²) in [4.78, 5) is 59.0. The van der Waals surface area contributed by atoms with Gasteiger partial charge in [0.15, 0.2) is 0 Å². The number of hydrogen-bond donors (Lipinski definition) is 4. The molecule has 312 valence electrons. The van der Waals surface area contributed by atoms with Crippen molar-refractivity contribution in [3.63, 3.8) is 0 Å². The van der Waals surface area contributed by atoms with Crippen molar-refractivity contribution in [2.24, 2.45) is 0 Å². The van der Waals surface area contributed by atoms with Gasteiger partial charge in [-0.2, -0.15) is 0 Å². The molecule has 0 aliphatic heterocycles. The van der Waals surface area contributed by atoms with E-state index in [0.29, 0.717) is 49.3 Å². The van der Waals surface area contributed by atoms with E-state index in [1.807, 2.05) is 109 Å². The van der Waals surface area contributed by atoms with Crippen LogP contribution in [0, 0.1) is 0 Å². The van der Waals surface area contributed by atoms with Crippen LogP contribution in [-0.2, 0) is 9.59 Å². The summed E-state index contributed by atoms with van der Waals surface area (Å²) >= 11 is 0. The Kier molecular flexibility index (Phi) is 23.4. The molecule has 4 N–H and O–H groups in total. The summed E-state index contributed by atoms with van der Waals surface area (Å²) in [6, 6.07) is 36.8. The number of aromatic amines is 2. The molecule has 0 aliphatic carbocycles. The van der Waals surface area contributed by atoms with Gasteiger partial charge in [0.05, 0.1) is 24.6 Å². The fraction of sp³-hybridized carbons (Fsp3) is 0.261. The van der Waals surface area contributed by atoms with Crippen molar-refractivity contribution in [3.8, 4) is 34.0 Å². The second kappa shape index (κ2) is 28.4. The predicted molar refractivity (Wildman–Crippen MR) is 227 cm³/mol. The van der Waals surface area contributed by atoms with E-state index in [9.17, 15) is 29.4 Å². The summed E-state index contributed by atoms with van der Waals surface area (Å²) in [6.07, 6.45) is 6.80. The number of carbonyl (C=O) groups excluding carboxylic acids is 2. The van der Waals surface area contributed by atoms with Gasteiger partial charge in [0.1, 0.15) is 11.5 Å². The maximum Gasteiger partial charge on any atom is 1.00 e. The zero-order chi connectivity index (χ0) is 42.4. The molecule has 14 nitrogen and oxygen atoms in total. The first-order valence-electron chi connectivity index (χ1n) is 19.9. The van der Waals surface area contributed by atoms with Gasteiger partial charge in [-0.3, -0.25) is 19.6 Å². The quantitative estimate of drug-likeness (QED) is 0.0544. The van der Waals surface area contributed by atoms with Crippen LogP contribution in [-0.4, -0.2) is 45.1 Å². The van der Waals surface area contributed by atoms with Gasteiger partial charge in [-0.1, -0.05) is 86.3 Å². The molecule has 62 heavy (non-hydrogen) atoms. The summed E-state index contributed by atoms with van der Waals surface area (Å²) in [7, 11) is 0. The Morgan fingerprint density at radius 2 is 0.855 bits per heavy atom. The largest absolute Gasteiger partial charge is 1.00 e. The second-order valence-corrected chi connectivity index (χ2v) is 13.8. The minimum atomic E-state index is -0.994. The molecule has 2 aromatic heterocycles. The number of carboxylic acid groups (broad SMARTS) is 2. The normalized spacial score (nSPS) is 10.2. The minimum absolute atomic E-state index is 0. The number of anilines is 4. The predicted octanol–water partition coefficient (Wildman–Crippen LogP) is 0.527. The van der Waals surface area contributed by atoms with Crippen molar-refractivity contribution in [2.75, 3.05) is 23.8 Å². The first-order valence-corrected chi connectivity index (χ1v) is 19.9. The molecule has 0 fully saturated rings. The molecular formula is C46H48N6Na2O8. The van der Waals surface area contributed by atoms with Crippen LogP contribution in [0.2, 0.25) is 0 Å². The zero-order valence-electron chi connectivity index (χ0n) is 35.2. The number of benzene rings is 4. The van der Waals surface area contributed by atoms with E-state index < -0.39 is 11.9 Å². The van der Waals surface area contributed by atoms with Gasteiger partial charge < -0.3 is 39.9 Å². The number of H-pyrrole nitrogens is 2. The van der Waals surface area contributed by atoms with Gasteiger partial charge in [0.2, 0.25) is 11.9 Å². The van der Waals surface area contributed by atoms with Crippen molar-refractivity contribution in [2.45, 2.75) is 64.2 Å². The third-order valence-electron chi connectivity index (χ3n) is 8.94. The molecule has 2 heterocycles. The molecule has 6 aromatic rings. The molecule has 0 spiro atoms. The first-order chi connectivity index (χ1) is 29.2. The molecule has 0 radical (unpaired) electrons. The SMILES string of the molecule is O=C([O-])CCCCCCOc1ccc(Nc2nc(-c3ccccc3)cc(=O)[nH]2)cc1.O=C([O-])CCCCCCOc1ccc(Nc2nc(-c3ccccc3)cc(=O)[nH]2)cc1.[Na+].[Na+]. The molecule has 4 aromatic carbocycles. The first kappa shape index (κ1) is 51.1. The number of nitrogens with zero attached hydrogens (tertiary/aromatic N) is 2. The van der Waals surface area contributed by atoms with E-state index in [4.69, 9.17) is 9.47 Å². The number of nitrogens with one attached hydrogen (secondary N) is 4. The van der Waals surface area contributed by atoms with Crippen LogP contribution in [0.1, 0.15) is 64.2 Å².